The third-order valence-corrected chi connectivity index (χ3v) is 4.73. The first-order valence-corrected chi connectivity index (χ1v) is 8.98. The van der Waals surface area contributed by atoms with E-state index < -0.39 is 12.1 Å². The molecule has 5 heteroatoms. The summed E-state index contributed by atoms with van der Waals surface area (Å²) in [6.07, 6.45) is 6.71. The third kappa shape index (κ3) is 4.50. The molecular weight excluding hydrogens is 298 g/mol. The van der Waals surface area contributed by atoms with Crippen molar-refractivity contribution in [2.24, 2.45) is 0 Å². The molecule has 0 aromatic heterocycles. The Balaban J connectivity index is 1.91. The van der Waals surface area contributed by atoms with E-state index >= 15 is 0 Å². The molecule has 1 aliphatic carbocycles. The van der Waals surface area contributed by atoms with E-state index in [1.165, 1.54) is 18.2 Å². The van der Waals surface area contributed by atoms with Crippen molar-refractivity contribution in [2.45, 2.75) is 56.1 Å². The van der Waals surface area contributed by atoms with Crippen LogP contribution in [-0.2, 0) is 9.53 Å². The van der Waals surface area contributed by atoms with Crippen LogP contribution in [0.1, 0.15) is 49.4 Å². The Bertz CT molecular complexity index is 526. The minimum atomic E-state index is -0.774. The fraction of sp³-hybridized carbons (Fsp3) is 0.529. The van der Waals surface area contributed by atoms with Crippen molar-refractivity contribution in [1.29, 1.82) is 0 Å². The number of carbonyl (C=O) groups is 2. The van der Waals surface area contributed by atoms with Gasteiger partial charge >= 0.3 is 5.97 Å². The van der Waals surface area contributed by atoms with Gasteiger partial charge in [0.05, 0.1) is 5.56 Å². The maximum absolute atomic E-state index is 12.2. The zero-order chi connectivity index (χ0) is 15.9. The van der Waals surface area contributed by atoms with Crippen LogP contribution in [0.25, 0.3) is 0 Å². The first-order valence-electron chi connectivity index (χ1n) is 7.76. The largest absolute Gasteiger partial charge is 0.449 e. The first-order chi connectivity index (χ1) is 10.6. The van der Waals surface area contributed by atoms with Crippen molar-refractivity contribution in [3.8, 4) is 0 Å². The highest BCUT2D eigenvalue weighted by atomic mass is 32.2. The zero-order valence-corrected chi connectivity index (χ0v) is 13.9. The smallest absolute Gasteiger partial charge is 0.340 e. The minimum Gasteiger partial charge on any atom is -0.449 e. The summed E-state index contributed by atoms with van der Waals surface area (Å²) in [6, 6.07) is 7.49. The number of ether oxygens (including phenoxy) is 1. The van der Waals surface area contributed by atoms with Gasteiger partial charge in [0, 0.05) is 10.9 Å². The fourth-order valence-electron chi connectivity index (χ4n) is 2.66. The van der Waals surface area contributed by atoms with Crippen LogP contribution in [0.2, 0.25) is 0 Å². The summed E-state index contributed by atoms with van der Waals surface area (Å²) in [5.41, 5.74) is 0.507. The highest BCUT2D eigenvalue weighted by Gasteiger charge is 2.23. The first kappa shape index (κ1) is 16.9. The van der Waals surface area contributed by atoms with Gasteiger partial charge in [-0.05, 0) is 38.2 Å². The molecule has 1 saturated carbocycles. The Morgan fingerprint density at radius 3 is 2.59 bits per heavy atom. The van der Waals surface area contributed by atoms with Crippen LogP contribution in [0, 0.1) is 0 Å². The maximum Gasteiger partial charge on any atom is 0.340 e. The average Bonchev–Trinajstić information content (AvgIpc) is 2.55. The molecule has 2 rings (SSSR count). The second kappa shape index (κ2) is 8.22. The number of thioether (sulfide) groups is 1. The van der Waals surface area contributed by atoms with Crippen molar-refractivity contribution in [2.75, 3.05) is 6.26 Å². The second-order valence-corrected chi connectivity index (χ2v) is 6.44. The lowest BCUT2D eigenvalue weighted by Crippen LogP contribution is -2.42. The van der Waals surface area contributed by atoms with Gasteiger partial charge in [-0.15, -0.1) is 11.8 Å². The molecular formula is C17H23NO3S. The van der Waals surface area contributed by atoms with E-state index in [1.54, 1.807) is 19.1 Å². The van der Waals surface area contributed by atoms with E-state index in [0.717, 1.165) is 30.6 Å². The molecule has 4 nitrogen and oxygen atoms in total. The highest BCUT2D eigenvalue weighted by Crippen LogP contribution is 2.21. The van der Waals surface area contributed by atoms with Gasteiger partial charge in [-0.25, -0.2) is 4.79 Å². The van der Waals surface area contributed by atoms with E-state index in [1.807, 2.05) is 18.4 Å². The van der Waals surface area contributed by atoms with Crippen molar-refractivity contribution >= 4 is 23.6 Å². The lowest BCUT2D eigenvalue weighted by molar-refractivity contribution is -0.130. The van der Waals surface area contributed by atoms with Crippen LogP contribution in [0.3, 0.4) is 0 Å². The molecule has 1 atom stereocenters. The van der Waals surface area contributed by atoms with Gasteiger partial charge in [-0.2, -0.15) is 0 Å². The number of amides is 1. The van der Waals surface area contributed by atoms with Crippen molar-refractivity contribution in [1.82, 2.24) is 5.32 Å². The molecule has 1 aromatic carbocycles. The summed E-state index contributed by atoms with van der Waals surface area (Å²) in [7, 11) is 0. The van der Waals surface area contributed by atoms with E-state index in [2.05, 4.69) is 5.32 Å². The van der Waals surface area contributed by atoms with Gasteiger partial charge in [-0.1, -0.05) is 31.4 Å². The topological polar surface area (TPSA) is 55.4 Å². The predicted molar refractivity (Wildman–Crippen MR) is 88.1 cm³/mol. The molecule has 22 heavy (non-hydrogen) atoms. The molecule has 120 valence electrons. The van der Waals surface area contributed by atoms with Gasteiger partial charge in [0.1, 0.15) is 0 Å². The number of nitrogens with one attached hydrogen (secondary N) is 1. The van der Waals surface area contributed by atoms with Crippen LogP contribution < -0.4 is 5.32 Å². The van der Waals surface area contributed by atoms with E-state index in [9.17, 15) is 9.59 Å². The summed E-state index contributed by atoms with van der Waals surface area (Å²) >= 11 is 1.49. The lowest BCUT2D eigenvalue weighted by atomic mass is 9.95. The number of hydrogen-bond acceptors (Lipinski definition) is 4. The number of benzene rings is 1. The monoisotopic (exact) mass is 321 g/mol. The molecule has 1 aromatic rings. The number of rotatable bonds is 5. The van der Waals surface area contributed by atoms with E-state index in [-0.39, 0.29) is 11.9 Å². The zero-order valence-electron chi connectivity index (χ0n) is 13.1. The van der Waals surface area contributed by atoms with Crippen LogP contribution in [0.5, 0.6) is 0 Å². The molecule has 0 aliphatic heterocycles. The van der Waals surface area contributed by atoms with Gasteiger partial charge in [0.15, 0.2) is 6.10 Å². The van der Waals surface area contributed by atoms with Crippen LogP contribution in [0.4, 0.5) is 0 Å². The molecule has 0 spiro atoms. The summed E-state index contributed by atoms with van der Waals surface area (Å²) in [5, 5.41) is 2.98. The highest BCUT2D eigenvalue weighted by molar-refractivity contribution is 7.98. The lowest BCUT2D eigenvalue weighted by Gasteiger charge is -2.24. The van der Waals surface area contributed by atoms with E-state index in [4.69, 9.17) is 4.74 Å². The Kier molecular flexibility index (Phi) is 6.31. The van der Waals surface area contributed by atoms with Crippen LogP contribution in [-0.4, -0.2) is 30.3 Å². The quantitative estimate of drug-likeness (QED) is 0.667. The predicted octanol–water partition coefficient (Wildman–Crippen LogP) is 3.40. The average molecular weight is 321 g/mol. The van der Waals surface area contributed by atoms with Crippen LogP contribution >= 0.6 is 11.8 Å². The minimum absolute atomic E-state index is 0.207. The summed E-state index contributed by atoms with van der Waals surface area (Å²) < 4.78 is 5.32. The summed E-state index contributed by atoms with van der Waals surface area (Å²) in [4.78, 5) is 25.2. The Morgan fingerprint density at radius 2 is 1.91 bits per heavy atom. The Labute approximate surface area is 136 Å². The molecule has 0 saturated heterocycles. The molecule has 1 N–H and O–H groups in total. The molecule has 1 aliphatic rings. The standard InChI is InChI=1S/C17H23NO3S/c1-12(16(19)18-13-8-4-3-5-9-13)21-17(20)14-10-6-7-11-15(14)22-2/h6-7,10-13H,3-5,8-9H2,1-2H3,(H,18,19)/t12-/m1/s1. The molecule has 0 bridgehead atoms. The second-order valence-electron chi connectivity index (χ2n) is 5.59. The number of carbonyl (C=O) groups excluding carboxylic acids is 2. The van der Waals surface area contributed by atoms with Gasteiger partial charge < -0.3 is 10.1 Å². The molecule has 1 amide bonds. The number of esters is 1. The van der Waals surface area contributed by atoms with Crippen molar-refractivity contribution in [3.05, 3.63) is 29.8 Å². The molecule has 0 unspecified atom stereocenters. The van der Waals surface area contributed by atoms with Crippen LogP contribution in [0.15, 0.2) is 29.2 Å². The van der Waals surface area contributed by atoms with E-state index in [0.29, 0.717) is 5.56 Å². The Morgan fingerprint density at radius 1 is 1.23 bits per heavy atom. The van der Waals surface area contributed by atoms with Crippen molar-refractivity contribution in [3.63, 3.8) is 0 Å². The van der Waals surface area contributed by atoms with Gasteiger partial charge in [0.2, 0.25) is 0 Å². The molecule has 0 heterocycles. The van der Waals surface area contributed by atoms with Crippen molar-refractivity contribution < 1.29 is 14.3 Å². The maximum atomic E-state index is 12.2. The number of hydrogen-bond donors (Lipinski definition) is 1. The SMILES string of the molecule is CSc1ccccc1C(=O)O[C@H](C)C(=O)NC1CCCCC1. The molecule has 1 fully saturated rings. The fourth-order valence-corrected chi connectivity index (χ4v) is 3.24. The third-order valence-electron chi connectivity index (χ3n) is 3.93. The van der Waals surface area contributed by atoms with Gasteiger partial charge in [0.25, 0.3) is 5.91 Å². The Hall–Kier alpha value is -1.49. The summed E-state index contributed by atoms with van der Waals surface area (Å²) in [6.45, 7) is 1.62. The normalized spacial score (nSPS) is 16.8. The van der Waals surface area contributed by atoms with Gasteiger partial charge in [-0.3, -0.25) is 4.79 Å². The molecule has 0 radical (unpaired) electrons. The summed E-state index contributed by atoms with van der Waals surface area (Å²) in [5.74, 6) is -0.655.